The molecule has 0 unspecified atom stereocenters. The Morgan fingerprint density at radius 2 is 2.02 bits per heavy atom. The van der Waals surface area contributed by atoms with Crippen LogP contribution in [0.1, 0.15) is 19.3 Å². The van der Waals surface area contributed by atoms with Crippen molar-refractivity contribution in [2.24, 2.45) is 0 Å². The van der Waals surface area contributed by atoms with Crippen molar-refractivity contribution >= 4 is 34.1 Å². The summed E-state index contributed by atoms with van der Waals surface area (Å²) in [5.74, 6) is -1.69. The van der Waals surface area contributed by atoms with E-state index in [1.165, 1.54) is 23.0 Å². The maximum Gasteiger partial charge on any atom is 0.246 e. The van der Waals surface area contributed by atoms with Gasteiger partial charge in [0.25, 0.3) is 0 Å². The van der Waals surface area contributed by atoms with Gasteiger partial charge in [0.15, 0.2) is 11.6 Å². The number of benzene rings is 2. The zero-order valence-corrected chi connectivity index (χ0v) is 23.0. The van der Waals surface area contributed by atoms with Crippen LogP contribution in [0.2, 0.25) is 0 Å². The van der Waals surface area contributed by atoms with Gasteiger partial charge in [0.1, 0.15) is 12.3 Å². The summed E-state index contributed by atoms with van der Waals surface area (Å²) in [6.45, 7) is 3.47. The van der Waals surface area contributed by atoms with E-state index in [1.807, 2.05) is 18.2 Å². The maximum atomic E-state index is 13.8. The smallest absolute Gasteiger partial charge is 0.246 e. The Kier molecular flexibility index (Phi) is 9.85. The minimum atomic E-state index is -1.12. The van der Waals surface area contributed by atoms with Gasteiger partial charge in [0.05, 0.1) is 36.3 Å². The normalized spacial score (nSPS) is 13.9. The molecule has 0 aliphatic carbocycles. The lowest BCUT2D eigenvalue weighted by Gasteiger charge is -2.33. The average molecular weight is 582 g/mol. The zero-order chi connectivity index (χ0) is 29.3. The number of halogens is 2. The topological polar surface area (TPSA) is 127 Å². The lowest BCUT2D eigenvalue weighted by Crippen LogP contribution is -2.41. The van der Waals surface area contributed by atoms with E-state index in [1.54, 1.807) is 12.4 Å². The molecular formula is C29H33F2N7O4. The molecule has 1 aliphatic heterocycles. The molecule has 0 bridgehead atoms. The van der Waals surface area contributed by atoms with Gasteiger partial charge in [0.2, 0.25) is 11.9 Å². The number of nitrogens with zero attached hydrogens (tertiary/aromatic N) is 5. The van der Waals surface area contributed by atoms with Crippen molar-refractivity contribution in [1.29, 1.82) is 0 Å². The quantitative estimate of drug-likeness (QED) is 0.203. The third-order valence-corrected chi connectivity index (χ3v) is 6.93. The average Bonchev–Trinajstić information content (AvgIpc) is 3.43. The van der Waals surface area contributed by atoms with Gasteiger partial charge < -0.3 is 25.2 Å². The number of amides is 1. The number of anilines is 3. The summed E-state index contributed by atoms with van der Waals surface area (Å²) in [5.41, 5.74) is 0.999. The molecule has 11 nitrogen and oxygen atoms in total. The van der Waals surface area contributed by atoms with Gasteiger partial charge in [-0.05, 0) is 43.5 Å². The minimum Gasteiger partial charge on any atom is -0.493 e. The van der Waals surface area contributed by atoms with Crippen LogP contribution in [0, 0.1) is 11.6 Å². The van der Waals surface area contributed by atoms with E-state index < -0.39 is 17.5 Å². The second-order valence-electron chi connectivity index (χ2n) is 9.92. The number of aliphatic hydroxyl groups is 1. The molecule has 1 saturated heterocycles. The highest BCUT2D eigenvalue weighted by Crippen LogP contribution is 2.22. The molecule has 3 N–H and O–H groups in total. The molecule has 2 aromatic heterocycles. The summed E-state index contributed by atoms with van der Waals surface area (Å²) in [6.07, 6.45) is 7.56. The number of aliphatic hydroxyl groups excluding tert-OH is 1. The van der Waals surface area contributed by atoms with E-state index in [9.17, 15) is 18.7 Å². The Hall–Kier alpha value is -4.20. The van der Waals surface area contributed by atoms with Crippen LogP contribution < -0.4 is 15.4 Å². The van der Waals surface area contributed by atoms with Gasteiger partial charge in [-0.25, -0.2) is 18.7 Å². The standard InChI is InChI=1S/C29H33F2N7O4/c30-24-3-1-4-25(28(24)31)35-27(40)19-38-18-21(17-33-38)34-29-32-16-20-5-6-23(15-26(20)36-29)42-12-2-9-37(10-11-39)22-7-13-41-14-8-22/h1,3-6,15-18,22,39H,2,7-14,19H2,(H,35,40)(H,32,34,36). The fourth-order valence-electron chi connectivity index (χ4n) is 4.85. The van der Waals surface area contributed by atoms with Crippen molar-refractivity contribution in [1.82, 2.24) is 24.6 Å². The summed E-state index contributed by atoms with van der Waals surface area (Å²) >= 11 is 0. The van der Waals surface area contributed by atoms with Crippen LogP contribution in [-0.2, 0) is 16.1 Å². The highest BCUT2D eigenvalue weighted by Gasteiger charge is 2.20. The first kappa shape index (κ1) is 29.3. The van der Waals surface area contributed by atoms with Gasteiger partial charge in [-0.2, -0.15) is 5.10 Å². The first-order valence-electron chi connectivity index (χ1n) is 13.8. The largest absolute Gasteiger partial charge is 0.493 e. The molecule has 1 aliphatic rings. The number of carbonyl (C=O) groups excluding carboxylic acids is 1. The molecular weight excluding hydrogens is 548 g/mol. The third-order valence-electron chi connectivity index (χ3n) is 6.93. The number of aromatic nitrogens is 4. The van der Waals surface area contributed by atoms with Crippen LogP contribution in [0.4, 0.5) is 26.1 Å². The van der Waals surface area contributed by atoms with Crippen molar-refractivity contribution in [2.75, 3.05) is 50.2 Å². The van der Waals surface area contributed by atoms with Crippen LogP contribution in [-0.4, -0.2) is 81.2 Å². The highest BCUT2D eigenvalue weighted by molar-refractivity contribution is 5.90. The summed E-state index contributed by atoms with van der Waals surface area (Å²) in [7, 11) is 0. The SMILES string of the molecule is O=C(Cn1cc(Nc2ncc3ccc(OCCCN(CCO)C4CCOCC4)cc3n2)cn1)Nc1cccc(F)c1F. The first-order valence-corrected chi connectivity index (χ1v) is 13.8. The zero-order valence-electron chi connectivity index (χ0n) is 23.0. The second-order valence-corrected chi connectivity index (χ2v) is 9.92. The number of ether oxygens (including phenoxy) is 2. The predicted molar refractivity (Wildman–Crippen MR) is 153 cm³/mol. The molecule has 42 heavy (non-hydrogen) atoms. The Bertz CT molecular complexity index is 1500. The number of carbonyl (C=O) groups is 1. The fraction of sp³-hybridized carbons (Fsp3) is 0.379. The predicted octanol–water partition coefficient (Wildman–Crippen LogP) is 3.73. The monoisotopic (exact) mass is 581 g/mol. The molecule has 13 heteroatoms. The molecule has 5 rings (SSSR count). The number of nitrogens with one attached hydrogen (secondary N) is 2. The number of fused-ring (bicyclic) bond motifs is 1. The first-order chi connectivity index (χ1) is 20.5. The molecule has 2 aromatic carbocycles. The van der Waals surface area contributed by atoms with Crippen LogP contribution in [0.25, 0.3) is 10.9 Å². The number of hydrogen-bond acceptors (Lipinski definition) is 9. The summed E-state index contributed by atoms with van der Waals surface area (Å²) in [5, 5.41) is 19.8. The lowest BCUT2D eigenvalue weighted by molar-refractivity contribution is -0.116. The van der Waals surface area contributed by atoms with Gasteiger partial charge in [-0.1, -0.05) is 6.07 Å². The van der Waals surface area contributed by atoms with Crippen LogP contribution in [0.5, 0.6) is 5.75 Å². The van der Waals surface area contributed by atoms with E-state index in [0.29, 0.717) is 42.1 Å². The van der Waals surface area contributed by atoms with Crippen molar-refractivity contribution in [3.05, 3.63) is 66.6 Å². The fourth-order valence-corrected chi connectivity index (χ4v) is 4.85. The van der Waals surface area contributed by atoms with Crippen LogP contribution >= 0.6 is 0 Å². The molecule has 222 valence electrons. The van der Waals surface area contributed by atoms with E-state index in [4.69, 9.17) is 9.47 Å². The number of hydrogen-bond donors (Lipinski definition) is 3. The van der Waals surface area contributed by atoms with E-state index in [-0.39, 0.29) is 18.8 Å². The minimum absolute atomic E-state index is 0.132. The van der Waals surface area contributed by atoms with Crippen molar-refractivity contribution in [3.63, 3.8) is 0 Å². The number of rotatable bonds is 13. The summed E-state index contributed by atoms with van der Waals surface area (Å²) in [4.78, 5) is 23.5. The Balaban J connectivity index is 1.14. The molecule has 4 aromatic rings. The molecule has 0 radical (unpaired) electrons. The summed E-state index contributed by atoms with van der Waals surface area (Å²) in [6, 6.07) is 9.63. The van der Waals surface area contributed by atoms with Gasteiger partial charge >= 0.3 is 0 Å². The van der Waals surface area contributed by atoms with Crippen molar-refractivity contribution in [3.8, 4) is 5.75 Å². The van der Waals surface area contributed by atoms with Crippen LogP contribution in [0.15, 0.2) is 55.0 Å². The van der Waals surface area contributed by atoms with E-state index in [2.05, 4.69) is 30.6 Å². The van der Waals surface area contributed by atoms with Gasteiger partial charge in [0, 0.05) is 56.2 Å². The Morgan fingerprint density at radius 1 is 1.17 bits per heavy atom. The third kappa shape index (κ3) is 7.75. The van der Waals surface area contributed by atoms with Gasteiger partial charge in [-0.3, -0.25) is 14.4 Å². The Labute approximate surface area is 241 Å². The lowest BCUT2D eigenvalue weighted by atomic mass is 10.1. The second kappa shape index (κ2) is 14.1. The molecule has 1 fully saturated rings. The van der Waals surface area contributed by atoms with E-state index in [0.717, 1.165) is 50.5 Å². The molecule has 0 atom stereocenters. The maximum absolute atomic E-state index is 13.8. The van der Waals surface area contributed by atoms with Crippen molar-refractivity contribution < 1.29 is 28.2 Å². The molecule has 1 amide bonds. The molecule has 0 saturated carbocycles. The Morgan fingerprint density at radius 3 is 2.86 bits per heavy atom. The van der Waals surface area contributed by atoms with Crippen molar-refractivity contribution in [2.45, 2.75) is 31.8 Å². The molecule has 0 spiro atoms. The van der Waals surface area contributed by atoms with Crippen LogP contribution in [0.3, 0.4) is 0 Å². The van der Waals surface area contributed by atoms with Gasteiger partial charge in [-0.15, -0.1) is 0 Å². The summed E-state index contributed by atoms with van der Waals surface area (Å²) < 4.78 is 40.0. The van der Waals surface area contributed by atoms with E-state index >= 15 is 0 Å². The highest BCUT2D eigenvalue weighted by atomic mass is 19.2. The molecule has 3 heterocycles.